The minimum Gasteiger partial charge on any atom is -0.462 e. The van der Waals surface area contributed by atoms with E-state index in [2.05, 4.69) is 149 Å². The van der Waals surface area contributed by atoms with E-state index < -0.39 is 97.5 Å². The molecule has 0 bridgehead atoms. The Labute approximate surface area is 632 Å². The van der Waals surface area contributed by atoms with Crippen LogP contribution >= 0.6 is 15.6 Å². The van der Waals surface area contributed by atoms with E-state index in [1.165, 1.54) is 103 Å². The first-order valence-electron chi connectivity index (χ1n) is 40.8. The van der Waals surface area contributed by atoms with Crippen LogP contribution in [0.2, 0.25) is 0 Å². The van der Waals surface area contributed by atoms with Gasteiger partial charge in [0.25, 0.3) is 0 Å². The molecule has 5 atom stereocenters. The van der Waals surface area contributed by atoms with E-state index in [-0.39, 0.29) is 25.7 Å². The van der Waals surface area contributed by atoms with Gasteiger partial charge in [0, 0.05) is 25.7 Å². The summed E-state index contributed by atoms with van der Waals surface area (Å²) in [6, 6.07) is 0. The Balaban J connectivity index is 5.42. The number of ether oxygens (including phenoxy) is 4. The quantitative estimate of drug-likeness (QED) is 0.0169. The van der Waals surface area contributed by atoms with Crippen LogP contribution in [-0.2, 0) is 65.4 Å². The van der Waals surface area contributed by atoms with Crippen molar-refractivity contribution in [2.45, 2.75) is 354 Å². The fourth-order valence-corrected chi connectivity index (χ4v) is 12.3. The number of esters is 4. The lowest BCUT2D eigenvalue weighted by Crippen LogP contribution is -2.30. The van der Waals surface area contributed by atoms with E-state index in [1.54, 1.807) is 0 Å². The fourth-order valence-electron chi connectivity index (χ4n) is 10.8. The Kier molecular flexibility index (Phi) is 73.3. The summed E-state index contributed by atoms with van der Waals surface area (Å²) in [5.41, 5.74) is 0. The Morgan fingerprint density at radius 1 is 0.279 bits per heavy atom. The molecule has 0 aliphatic rings. The van der Waals surface area contributed by atoms with Crippen LogP contribution in [0.25, 0.3) is 0 Å². The molecule has 598 valence electrons. The zero-order valence-corrected chi connectivity index (χ0v) is 67.2. The molecule has 0 fully saturated rings. The highest BCUT2D eigenvalue weighted by molar-refractivity contribution is 7.47. The topological polar surface area (TPSA) is 237 Å². The highest BCUT2D eigenvalue weighted by atomic mass is 31.2. The molecule has 19 heteroatoms. The SMILES string of the molecule is CC/C=C\C/C=C\C/C=C\C/C=C\C/C=C\CCCCCC(=O)OCC(COP(=O)(O)OCC(O)COP(=O)(O)OCC(COC(=O)CCCC/C=C\C/C=C\C/C=C\C/C=C\CC)OC(=O)CCCCCCC/C=C\CCCCCCCC)OC(=O)CCCCCCCCCCCCCCCCC. The first kappa shape index (κ1) is 99.5. The van der Waals surface area contributed by atoms with Crippen LogP contribution in [-0.4, -0.2) is 96.7 Å². The zero-order valence-electron chi connectivity index (χ0n) is 65.4. The number of rotatable bonds is 76. The number of aliphatic hydroxyl groups excluding tert-OH is 1. The average molecular weight is 1500 g/mol. The molecule has 0 saturated carbocycles. The van der Waals surface area contributed by atoms with E-state index in [0.717, 1.165) is 154 Å². The van der Waals surface area contributed by atoms with Crippen molar-refractivity contribution < 1.29 is 80.2 Å². The van der Waals surface area contributed by atoms with Crippen molar-refractivity contribution in [3.05, 3.63) is 122 Å². The molecule has 0 rings (SSSR count). The van der Waals surface area contributed by atoms with Crippen LogP contribution in [0.1, 0.15) is 336 Å². The number of aliphatic hydroxyl groups is 1. The van der Waals surface area contributed by atoms with Gasteiger partial charge in [0.05, 0.1) is 26.4 Å². The molecule has 17 nitrogen and oxygen atoms in total. The van der Waals surface area contributed by atoms with E-state index in [4.69, 9.17) is 37.0 Å². The van der Waals surface area contributed by atoms with Gasteiger partial charge >= 0.3 is 39.5 Å². The van der Waals surface area contributed by atoms with Crippen molar-refractivity contribution in [2.75, 3.05) is 39.6 Å². The van der Waals surface area contributed by atoms with Gasteiger partial charge in [0.15, 0.2) is 12.2 Å². The minimum absolute atomic E-state index is 0.0744. The Hall–Kier alpha value is -4.54. The molecule has 0 aliphatic heterocycles. The molecule has 0 aromatic rings. The third-order valence-electron chi connectivity index (χ3n) is 16.9. The molecular formula is C85H146O17P2. The lowest BCUT2D eigenvalue weighted by Gasteiger charge is -2.21. The van der Waals surface area contributed by atoms with Gasteiger partial charge in [-0.2, -0.15) is 0 Å². The van der Waals surface area contributed by atoms with Gasteiger partial charge in [-0.05, 0) is 135 Å². The molecule has 5 unspecified atom stereocenters. The van der Waals surface area contributed by atoms with Crippen LogP contribution in [0.3, 0.4) is 0 Å². The summed E-state index contributed by atoms with van der Waals surface area (Å²) in [5.74, 6) is -2.26. The van der Waals surface area contributed by atoms with Gasteiger partial charge in [-0.3, -0.25) is 37.3 Å². The van der Waals surface area contributed by atoms with Crippen molar-refractivity contribution in [3.63, 3.8) is 0 Å². The lowest BCUT2D eigenvalue weighted by atomic mass is 10.0. The number of phosphoric ester groups is 2. The van der Waals surface area contributed by atoms with E-state index in [9.17, 15) is 43.2 Å². The predicted octanol–water partition coefficient (Wildman–Crippen LogP) is 23.9. The lowest BCUT2D eigenvalue weighted by molar-refractivity contribution is -0.161. The number of allylic oxidation sites excluding steroid dienone is 20. The van der Waals surface area contributed by atoms with Crippen molar-refractivity contribution in [2.24, 2.45) is 0 Å². The molecule has 3 N–H and O–H groups in total. The number of unbranched alkanes of at least 4 members (excludes halogenated alkanes) is 30. The predicted molar refractivity (Wildman–Crippen MR) is 427 cm³/mol. The van der Waals surface area contributed by atoms with Crippen LogP contribution in [0, 0.1) is 0 Å². The van der Waals surface area contributed by atoms with Crippen LogP contribution < -0.4 is 0 Å². The standard InChI is InChI=1S/C85H146O17P2/c1-5-9-13-17-21-25-29-33-37-38-39-40-44-46-50-54-58-62-66-70-83(88)96-76-81(102-85(90)72-68-64-60-56-52-48-43-36-32-28-24-20-16-12-8-4)78-100-104(93,94)98-74-79(86)73-97-103(91,92)99-77-80(101-84(89)71-67-63-59-55-51-47-42-35-31-27-23-19-15-11-7-3)75-95-82(87)69-65-61-57-53-49-45-41-34-30-26-22-18-14-10-6-2/h9-10,13-14,21-22,25-26,33-35,37,39-42,46,49-50,53,79-81,86H,5-8,11-12,15-20,23-24,27-32,36,38,43-45,47-48,51-52,54-78H2,1-4H3,(H,91,92)(H,93,94)/b13-9-,14-10-,25-21-,26-22-,37-33-,40-39-,41-34-,42-35-,50-46-,53-49-. The second kappa shape index (κ2) is 76.6. The first-order chi connectivity index (χ1) is 50.7. The normalized spacial score (nSPS) is 14.5. The monoisotopic (exact) mass is 1500 g/mol. The third-order valence-corrected chi connectivity index (χ3v) is 18.8. The fraction of sp³-hybridized carbons (Fsp3) is 0.718. The average Bonchev–Trinajstić information content (AvgIpc) is 0.918. The van der Waals surface area contributed by atoms with Crippen molar-refractivity contribution in [1.29, 1.82) is 0 Å². The number of phosphoric acid groups is 2. The summed E-state index contributed by atoms with van der Waals surface area (Å²) < 4.78 is 68.6. The minimum atomic E-state index is -4.99. The second-order valence-electron chi connectivity index (χ2n) is 27.0. The van der Waals surface area contributed by atoms with Crippen LogP contribution in [0.15, 0.2) is 122 Å². The zero-order chi connectivity index (χ0) is 76.0. The van der Waals surface area contributed by atoms with Gasteiger partial charge in [-0.25, -0.2) is 9.13 Å². The summed E-state index contributed by atoms with van der Waals surface area (Å²) >= 11 is 0. The number of hydrogen-bond donors (Lipinski definition) is 3. The molecule has 0 aromatic heterocycles. The maximum Gasteiger partial charge on any atom is 0.472 e. The Morgan fingerprint density at radius 2 is 0.500 bits per heavy atom. The van der Waals surface area contributed by atoms with Crippen molar-refractivity contribution in [1.82, 2.24) is 0 Å². The van der Waals surface area contributed by atoms with Gasteiger partial charge in [0.2, 0.25) is 0 Å². The summed E-state index contributed by atoms with van der Waals surface area (Å²) in [4.78, 5) is 73.1. The maximum absolute atomic E-state index is 13.1. The van der Waals surface area contributed by atoms with Crippen LogP contribution in [0.5, 0.6) is 0 Å². The summed E-state index contributed by atoms with van der Waals surface area (Å²) in [6.45, 7) is 4.59. The highest BCUT2D eigenvalue weighted by Crippen LogP contribution is 2.45. The van der Waals surface area contributed by atoms with Crippen molar-refractivity contribution in [3.8, 4) is 0 Å². The van der Waals surface area contributed by atoms with E-state index in [1.807, 2.05) is 0 Å². The van der Waals surface area contributed by atoms with Gasteiger partial charge in [-0.1, -0.05) is 297 Å². The summed E-state index contributed by atoms with van der Waals surface area (Å²) in [7, 11) is -9.98. The third kappa shape index (κ3) is 75.7. The van der Waals surface area contributed by atoms with E-state index in [0.29, 0.717) is 25.7 Å². The molecule has 104 heavy (non-hydrogen) atoms. The first-order valence-corrected chi connectivity index (χ1v) is 43.8. The molecule has 0 aromatic carbocycles. The molecule has 0 heterocycles. The Bertz CT molecular complexity index is 2440. The molecule has 0 spiro atoms. The van der Waals surface area contributed by atoms with Gasteiger partial charge < -0.3 is 33.8 Å². The number of carbonyl (C=O) groups excluding carboxylic acids is 4. The summed E-state index contributed by atoms with van der Waals surface area (Å²) in [5, 5.41) is 10.6. The Morgan fingerprint density at radius 3 is 0.808 bits per heavy atom. The van der Waals surface area contributed by atoms with Gasteiger partial charge in [0.1, 0.15) is 19.3 Å². The second-order valence-corrected chi connectivity index (χ2v) is 29.9. The maximum atomic E-state index is 13.1. The molecule has 0 amide bonds. The molecular weight excluding hydrogens is 1350 g/mol. The molecule has 0 saturated heterocycles. The summed E-state index contributed by atoms with van der Waals surface area (Å²) in [6.07, 6.45) is 84.6. The number of hydrogen-bond acceptors (Lipinski definition) is 15. The van der Waals surface area contributed by atoms with Gasteiger partial charge in [-0.15, -0.1) is 0 Å². The highest BCUT2D eigenvalue weighted by Gasteiger charge is 2.30. The van der Waals surface area contributed by atoms with Crippen LogP contribution in [0.4, 0.5) is 0 Å². The number of carbonyl (C=O) groups is 4. The van der Waals surface area contributed by atoms with E-state index >= 15 is 0 Å². The van der Waals surface area contributed by atoms with Crippen molar-refractivity contribution >= 4 is 39.5 Å². The smallest absolute Gasteiger partial charge is 0.462 e. The molecule has 0 radical (unpaired) electrons. The largest absolute Gasteiger partial charge is 0.472 e. The molecule has 0 aliphatic carbocycles.